The molecule has 3 unspecified atom stereocenters. The van der Waals surface area contributed by atoms with Crippen molar-refractivity contribution in [3.05, 3.63) is 17.5 Å². The Labute approximate surface area is 102 Å². The van der Waals surface area contributed by atoms with Crippen molar-refractivity contribution in [1.29, 1.82) is 0 Å². The van der Waals surface area contributed by atoms with Gasteiger partial charge in [0, 0.05) is 37.0 Å². The van der Waals surface area contributed by atoms with Gasteiger partial charge < -0.3 is 10.1 Å². The first-order chi connectivity index (χ1) is 8.25. The highest BCUT2D eigenvalue weighted by atomic mass is 16.5. The number of fused-ring (bicyclic) bond motifs is 1. The van der Waals surface area contributed by atoms with Gasteiger partial charge in [0.25, 0.3) is 0 Å². The van der Waals surface area contributed by atoms with Gasteiger partial charge in [0.15, 0.2) is 0 Å². The Kier molecular flexibility index (Phi) is 2.92. The van der Waals surface area contributed by atoms with E-state index in [-0.39, 0.29) is 0 Å². The highest BCUT2D eigenvalue weighted by molar-refractivity contribution is 5.25. The summed E-state index contributed by atoms with van der Waals surface area (Å²) >= 11 is 0. The second-order valence-electron chi connectivity index (χ2n) is 5.25. The molecule has 0 aromatic carbocycles. The molecule has 4 heteroatoms. The van der Waals surface area contributed by atoms with Crippen LogP contribution in [0.3, 0.4) is 0 Å². The third kappa shape index (κ3) is 2.00. The molecule has 1 N–H and O–H groups in total. The van der Waals surface area contributed by atoms with Gasteiger partial charge in [-0.3, -0.25) is 4.68 Å². The molecular formula is C13H21N3O. The van der Waals surface area contributed by atoms with Crippen molar-refractivity contribution < 1.29 is 4.74 Å². The summed E-state index contributed by atoms with van der Waals surface area (Å²) in [5, 5.41) is 8.15. The molecule has 2 aliphatic rings. The Hall–Kier alpha value is -0.870. The Morgan fingerprint density at radius 3 is 3.12 bits per heavy atom. The van der Waals surface area contributed by atoms with E-state index in [1.165, 1.54) is 30.5 Å². The van der Waals surface area contributed by atoms with Gasteiger partial charge in [0.05, 0.1) is 12.3 Å². The number of aromatic nitrogens is 2. The largest absolute Gasteiger partial charge is 0.377 e. The first-order valence-electron chi connectivity index (χ1n) is 6.64. The first kappa shape index (κ1) is 11.2. The van der Waals surface area contributed by atoms with Gasteiger partial charge in [-0.2, -0.15) is 5.10 Å². The summed E-state index contributed by atoms with van der Waals surface area (Å²) < 4.78 is 7.64. The van der Waals surface area contributed by atoms with Crippen molar-refractivity contribution in [3.8, 4) is 0 Å². The van der Waals surface area contributed by atoms with Crippen molar-refractivity contribution in [2.24, 2.45) is 7.05 Å². The van der Waals surface area contributed by atoms with Gasteiger partial charge in [-0.05, 0) is 32.6 Å². The normalized spacial score (nSPS) is 32.7. The van der Waals surface area contributed by atoms with Crippen molar-refractivity contribution >= 4 is 0 Å². The lowest BCUT2D eigenvalue weighted by Gasteiger charge is -2.28. The Bertz CT molecular complexity index is 401. The molecule has 3 rings (SSSR count). The van der Waals surface area contributed by atoms with E-state index in [9.17, 15) is 0 Å². The van der Waals surface area contributed by atoms with Crippen LogP contribution in [0.1, 0.15) is 43.5 Å². The van der Waals surface area contributed by atoms with Crippen LogP contribution in [0.2, 0.25) is 0 Å². The second-order valence-corrected chi connectivity index (χ2v) is 5.25. The van der Waals surface area contributed by atoms with E-state index in [0.717, 1.165) is 13.0 Å². The van der Waals surface area contributed by atoms with Gasteiger partial charge in [-0.25, -0.2) is 0 Å². The van der Waals surface area contributed by atoms with E-state index >= 15 is 0 Å². The van der Waals surface area contributed by atoms with Crippen LogP contribution in [0.15, 0.2) is 6.20 Å². The smallest absolute Gasteiger partial charge is 0.0700 e. The molecule has 17 heavy (non-hydrogen) atoms. The number of nitrogens with one attached hydrogen (secondary N) is 1. The third-order valence-corrected chi connectivity index (χ3v) is 4.17. The lowest BCUT2D eigenvalue weighted by atomic mass is 9.92. The summed E-state index contributed by atoms with van der Waals surface area (Å²) in [5.41, 5.74) is 2.80. The van der Waals surface area contributed by atoms with E-state index in [0.29, 0.717) is 18.2 Å². The predicted molar refractivity (Wildman–Crippen MR) is 65.8 cm³/mol. The predicted octanol–water partition coefficient (Wildman–Crippen LogP) is 1.56. The van der Waals surface area contributed by atoms with Crippen molar-refractivity contribution in [1.82, 2.24) is 15.1 Å². The summed E-state index contributed by atoms with van der Waals surface area (Å²) in [4.78, 5) is 0. The maximum Gasteiger partial charge on any atom is 0.0700 e. The summed E-state index contributed by atoms with van der Waals surface area (Å²) in [7, 11) is 2.04. The third-order valence-electron chi connectivity index (χ3n) is 4.17. The Morgan fingerprint density at radius 2 is 2.35 bits per heavy atom. The van der Waals surface area contributed by atoms with E-state index in [1.807, 2.05) is 17.9 Å². The van der Waals surface area contributed by atoms with Gasteiger partial charge >= 0.3 is 0 Å². The fourth-order valence-electron chi connectivity index (χ4n) is 3.09. The van der Waals surface area contributed by atoms with Crippen molar-refractivity contribution in [2.45, 2.75) is 50.8 Å². The molecule has 1 aliphatic carbocycles. The molecule has 4 nitrogen and oxygen atoms in total. The molecule has 1 saturated heterocycles. The lowest BCUT2D eigenvalue weighted by Crippen LogP contribution is -2.38. The molecule has 2 heterocycles. The SMILES string of the molecule is CC1OCCC1NC1CCCc2c1cnn2C. The molecule has 0 saturated carbocycles. The molecule has 3 atom stereocenters. The summed E-state index contributed by atoms with van der Waals surface area (Å²) in [6, 6.07) is 0.979. The number of hydrogen-bond acceptors (Lipinski definition) is 3. The molecule has 94 valence electrons. The topological polar surface area (TPSA) is 39.1 Å². The van der Waals surface area contributed by atoms with Crippen LogP contribution in [-0.2, 0) is 18.2 Å². The zero-order valence-corrected chi connectivity index (χ0v) is 10.6. The number of nitrogens with zero attached hydrogens (tertiary/aromatic N) is 2. The fraction of sp³-hybridized carbons (Fsp3) is 0.769. The average molecular weight is 235 g/mol. The zero-order valence-electron chi connectivity index (χ0n) is 10.6. The highest BCUT2D eigenvalue weighted by Gasteiger charge is 2.30. The minimum Gasteiger partial charge on any atom is -0.377 e. The van der Waals surface area contributed by atoms with Crippen LogP contribution >= 0.6 is 0 Å². The summed E-state index contributed by atoms with van der Waals surface area (Å²) in [6.07, 6.45) is 7.16. The summed E-state index contributed by atoms with van der Waals surface area (Å²) in [6.45, 7) is 3.06. The molecule has 1 aromatic heterocycles. The molecule has 0 amide bonds. The van der Waals surface area contributed by atoms with E-state index in [1.54, 1.807) is 0 Å². The van der Waals surface area contributed by atoms with Gasteiger partial charge in [-0.1, -0.05) is 0 Å². The molecule has 0 bridgehead atoms. The first-order valence-corrected chi connectivity index (χ1v) is 6.64. The van der Waals surface area contributed by atoms with Crippen LogP contribution in [0, 0.1) is 0 Å². The number of aryl methyl sites for hydroxylation is 1. The average Bonchev–Trinajstić information content (AvgIpc) is 2.89. The minimum atomic E-state index is 0.344. The molecule has 1 aromatic rings. The van der Waals surface area contributed by atoms with Crippen LogP contribution in [-0.4, -0.2) is 28.5 Å². The number of ether oxygens (including phenoxy) is 1. The van der Waals surface area contributed by atoms with Crippen LogP contribution in [0.25, 0.3) is 0 Å². The Morgan fingerprint density at radius 1 is 1.47 bits per heavy atom. The highest BCUT2D eigenvalue weighted by Crippen LogP contribution is 2.30. The summed E-state index contributed by atoms with van der Waals surface area (Å²) in [5.74, 6) is 0. The second kappa shape index (κ2) is 4.42. The molecular weight excluding hydrogens is 214 g/mol. The lowest BCUT2D eigenvalue weighted by molar-refractivity contribution is 0.110. The standard InChI is InChI=1S/C13H21N3O/c1-9-11(6-7-17-9)15-12-4-3-5-13-10(12)8-14-16(13)2/h8-9,11-12,15H,3-7H2,1-2H3. The number of rotatable bonds is 2. The quantitative estimate of drug-likeness (QED) is 0.845. The molecule has 0 radical (unpaired) electrons. The van der Waals surface area contributed by atoms with Crippen molar-refractivity contribution in [3.63, 3.8) is 0 Å². The maximum atomic E-state index is 5.62. The van der Waals surface area contributed by atoms with Crippen LogP contribution in [0.5, 0.6) is 0 Å². The van der Waals surface area contributed by atoms with Gasteiger partial charge in [0.2, 0.25) is 0 Å². The zero-order chi connectivity index (χ0) is 11.8. The van der Waals surface area contributed by atoms with E-state index in [4.69, 9.17) is 4.74 Å². The Balaban J connectivity index is 1.76. The van der Waals surface area contributed by atoms with E-state index < -0.39 is 0 Å². The van der Waals surface area contributed by atoms with Crippen molar-refractivity contribution in [2.75, 3.05) is 6.61 Å². The van der Waals surface area contributed by atoms with E-state index in [2.05, 4.69) is 17.3 Å². The minimum absolute atomic E-state index is 0.344. The van der Waals surface area contributed by atoms with Gasteiger partial charge in [0.1, 0.15) is 0 Å². The van der Waals surface area contributed by atoms with Crippen LogP contribution < -0.4 is 5.32 Å². The molecule has 0 spiro atoms. The van der Waals surface area contributed by atoms with Crippen LogP contribution in [0.4, 0.5) is 0 Å². The monoisotopic (exact) mass is 235 g/mol. The number of hydrogen-bond donors (Lipinski definition) is 1. The molecule has 1 aliphatic heterocycles. The molecule has 1 fully saturated rings. The van der Waals surface area contributed by atoms with Gasteiger partial charge in [-0.15, -0.1) is 0 Å². The maximum absolute atomic E-state index is 5.62. The fourth-order valence-corrected chi connectivity index (χ4v) is 3.09.